The second kappa shape index (κ2) is 8.70. The first kappa shape index (κ1) is 22.5. The zero-order valence-electron chi connectivity index (χ0n) is 17.3. The molecule has 2 aromatic carbocycles. The van der Waals surface area contributed by atoms with Gasteiger partial charge < -0.3 is 10.4 Å². The molecule has 0 aliphatic carbocycles. The molecule has 1 atom stereocenters. The molecule has 0 fully saturated rings. The third-order valence-corrected chi connectivity index (χ3v) is 5.16. The van der Waals surface area contributed by atoms with Gasteiger partial charge in [-0.25, -0.2) is 13.5 Å². The van der Waals surface area contributed by atoms with E-state index in [0.717, 1.165) is 6.07 Å². The molecule has 0 saturated heterocycles. The van der Waals surface area contributed by atoms with E-state index in [1.807, 2.05) is 0 Å². The van der Waals surface area contributed by atoms with E-state index in [0.29, 0.717) is 5.69 Å². The predicted molar refractivity (Wildman–Crippen MR) is 120 cm³/mol. The predicted octanol–water partition coefficient (Wildman–Crippen LogP) is 4.24. The summed E-state index contributed by atoms with van der Waals surface area (Å²) in [5, 5.41) is 16.6. The maximum Gasteiger partial charge on any atom is 0.258 e. The number of hydrogen-bond acceptors (Lipinski definition) is 5. The SMILES string of the molecule is CC(N)(O)c1cc(NC(=O)c2cc(-c3ncccc3F)cc(F)c2Cl)n(-c2ccccc2)n1. The van der Waals surface area contributed by atoms with Gasteiger partial charge >= 0.3 is 0 Å². The molecule has 0 aliphatic rings. The molecule has 10 heteroatoms. The van der Waals surface area contributed by atoms with Crippen LogP contribution in [0, 0.1) is 11.6 Å². The summed E-state index contributed by atoms with van der Waals surface area (Å²) in [5.41, 5.74) is 4.32. The number of nitrogens with one attached hydrogen (secondary N) is 1. The van der Waals surface area contributed by atoms with Gasteiger partial charge in [-0.3, -0.25) is 15.5 Å². The van der Waals surface area contributed by atoms with E-state index in [4.69, 9.17) is 17.3 Å². The zero-order valence-corrected chi connectivity index (χ0v) is 18.0. The third kappa shape index (κ3) is 4.61. The first-order chi connectivity index (χ1) is 15.6. The van der Waals surface area contributed by atoms with Crippen molar-refractivity contribution < 1.29 is 18.7 Å². The normalized spacial score (nSPS) is 12.9. The van der Waals surface area contributed by atoms with Gasteiger partial charge in [0.25, 0.3) is 5.91 Å². The van der Waals surface area contributed by atoms with Crippen molar-refractivity contribution in [1.82, 2.24) is 14.8 Å². The Morgan fingerprint density at radius 1 is 1.12 bits per heavy atom. The summed E-state index contributed by atoms with van der Waals surface area (Å²) in [5.74, 6) is -2.22. The summed E-state index contributed by atoms with van der Waals surface area (Å²) in [4.78, 5) is 17.0. The smallest absolute Gasteiger partial charge is 0.258 e. The maximum absolute atomic E-state index is 14.5. The Bertz CT molecular complexity index is 1340. The lowest BCUT2D eigenvalue weighted by Crippen LogP contribution is -2.32. The number of anilines is 1. The highest BCUT2D eigenvalue weighted by molar-refractivity contribution is 6.34. The van der Waals surface area contributed by atoms with Crippen LogP contribution >= 0.6 is 11.6 Å². The highest BCUT2D eigenvalue weighted by Gasteiger charge is 2.25. The van der Waals surface area contributed by atoms with Gasteiger partial charge in [-0.15, -0.1) is 0 Å². The molecule has 33 heavy (non-hydrogen) atoms. The molecule has 7 nitrogen and oxygen atoms in total. The molecule has 0 bridgehead atoms. The number of carbonyl (C=O) groups excluding carboxylic acids is 1. The molecule has 0 radical (unpaired) electrons. The van der Waals surface area contributed by atoms with E-state index in [9.17, 15) is 18.7 Å². The molecule has 0 aliphatic heterocycles. The Kier molecular flexibility index (Phi) is 5.94. The summed E-state index contributed by atoms with van der Waals surface area (Å²) in [6.07, 6.45) is 1.35. The average molecular weight is 470 g/mol. The number of hydrogen-bond donors (Lipinski definition) is 3. The van der Waals surface area contributed by atoms with Crippen LogP contribution in [0.2, 0.25) is 5.02 Å². The van der Waals surface area contributed by atoms with E-state index < -0.39 is 28.3 Å². The number of rotatable bonds is 5. The fraction of sp³-hybridized carbons (Fsp3) is 0.0870. The standard InChI is InChI=1S/C23H18ClF2N5O2/c1-23(27,33)18-12-19(31(30-18)14-6-3-2-4-7-14)29-22(32)15-10-13(11-17(26)20(15)24)21-16(25)8-5-9-28-21/h2-12,33H,27H2,1H3,(H,29,32). The Labute approximate surface area is 192 Å². The lowest BCUT2D eigenvalue weighted by Gasteiger charge is -2.13. The van der Waals surface area contributed by atoms with Crippen molar-refractivity contribution in [2.75, 3.05) is 5.32 Å². The minimum absolute atomic E-state index is 0.0438. The minimum atomic E-state index is -1.78. The Morgan fingerprint density at radius 2 is 1.85 bits per heavy atom. The molecule has 4 aromatic rings. The number of carbonyl (C=O) groups is 1. The van der Waals surface area contributed by atoms with E-state index in [-0.39, 0.29) is 28.3 Å². The number of para-hydroxylation sites is 1. The monoisotopic (exact) mass is 469 g/mol. The summed E-state index contributed by atoms with van der Waals surface area (Å²) >= 11 is 6.06. The van der Waals surface area contributed by atoms with Crippen LogP contribution in [-0.4, -0.2) is 25.8 Å². The van der Waals surface area contributed by atoms with Crippen molar-refractivity contribution in [3.05, 3.63) is 94.8 Å². The lowest BCUT2D eigenvalue weighted by molar-refractivity contribution is 0.0596. The van der Waals surface area contributed by atoms with Crippen molar-refractivity contribution in [2.24, 2.45) is 5.73 Å². The van der Waals surface area contributed by atoms with Crippen LogP contribution in [0.4, 0.5) is 14.6 Å². The molecule has 0 saturated carbocycles. The molecule has 0 spiro atoms. The van der Waals surface area contributed by atoms with Crippen LogP contribution in [0.5, 0.6) is 0 Å². The first-order valence-electron chi connectivity index (χ1n) is 9.73. The Balaban J connectivity index is 1.76. The second-order valence-electron chi connectivity index (χ2n) is 7.42. The first-order valence-corrected chi connectivity index (χ1v) is 10.1. The molecule has 2 heterocycles. The minimum Gasteiger partial charge on any atom is -0.370 e. The molecular formula is C23H18ClF2N5O2. The highest BCUT2D eigenvalue weighted by atomic mass is 35.5. The third-order valence-electron chi connectivity index (χ3n) is 4.78. The van der Waals surface area contributed by atoms with Crippen LogP contribution in [0.25, 0.3) is 16.9 Å². The van der Waals surface area contributed by atoms with Crippen LogP contribution < -0.4 is 11.1 Å². The summed E-state index contributed by atoms with van der Waals surface area (Å²) in [6, 6.07) is 15.0. The van der Waals surface area contributed by atoms with Gasteiger partial charge in [0.05, 0.1) is 16.3 Å². The van der Waals surface area contributed by atoms with Gasteiger partial charge in [0.1, 0.15) is 28.8 Å². The topological polar surface area (TPSA) is 106 Å². The fourth-order valence-corrected chi connectivity index (χ4v) is 3.35. The number of nitrogens with two attached hydrogens (primary N) is 1. The van der Waals surface area contributed by atoms with Gasteiger partial charge in [0, 0.05) is 17.8 Å². The molecule has 2 aromatic heterocycles. The molecular weight excluding hydrogens is 452 g/mol. The molecule has 1 unspecified atom stereocenters. The summed E-state index contributed by atoms with van der Waals surface area (Å²) < 4.78 is 30.1. The maximum atomic E-state index is 14.5. The van der Waals surface area contributed by atoms with Gasteiger partial charge in [-0.2, -0.15) is 5.10 Å². The van der Waals surface area contributed by atoms with E-state index in [2.05, 4.69) is 15.4 Å². The van der Waals surface area contributed by atoms with Crippen LogP contribution in [0.3, 0.4) is 0 Å². The Morgan fingerprint density at radius 3 is 2.52 bits per heavy atom. The summed E-state index contributed by atoms with van der Waals surface area (Å²) in [7, 11) is 0. The lowest BCUT2D eigenvalue weighted by atomic mass is 10.1. The van der Waals surface area contributed by atoms with Crippen molar-refractivity contribution in [2.45, 2.75) is 12.6 Å². The highest BCUT2D eigenvalue weighted by Crippen LogP contribution is 2.30. The number of halogens is 3. The number of aromatic nitrogens is 3. The van der Waals surface area contributed by atoms with Gasteiger partial charge in [-0.1, -0.05) is 29.8 Å². The van der Waals surface area contributed by atoms with E-state index in [1.54, 1.807) is 30.3 Å². The van der Waals surface area contributed by atoms with Gasteiger partial charge in [0.15, 0.2) is 5.72 Å². The van der Waals surface area contributed by atoms with Crippen molar-refractivity contribution in [3.63, 3.8) is 0 Å². The summed E-state index contributed by atoms with van der Waals surface area (Å²) in [6.45, 7) is 1.34. The van der Waals surface area contributed by atoms with Crippen molar-refractivity contribution in [1.29, 1.82) is 0 Å². The molecule has 4 N–H and O–H groups in total. The second-order valence-corrected chi connectivity index (χ2v) is 7.80. The largest absolute Gasteiger partial charge is 0.370 e. The van der Waals surface area contributed by atoms with Crippen LogP contribution in [-0.2, 0) is 5.72 Å². The van der Waals surface area contributed by atoms with Gasteiger partial charge in [0.2, 0.25) is 0 Å². The number of pyridine rings is 1. The average Bonchev–Trinajstić information content (AvgIpc) is 3.21. The molecule has 1 amide bonds. The van der Waals surface area contributed by atoms with Gasteiger partial charge in [-0.05, 0) is 43.3 Å². The van der Waals surface area contributed by atoms with Crippen molar-refractivity contribution >= 4 is 23.3 Å². The number of nitrogens with zero attached hydrogens (tertiary/aromatic N) is 3. The van der Waals surface area contributed by atoms with E-state index >= 15 is 0 Å². The Hall–Kier alpha value is -3.66. The molecule has 4 rings (SSSR count). The van der Waals surface area contributed by atoms with E-state index in [1.165, 1.54) is 42.1 Å². The van der Waals surface area contributed by atoms with Crippen LogP contribution in [0.15, 0.2) is 66.9 Å². The number of benzene rings is 2. The van der Waals surface area contributed by atoms with Crippen LogP contribution in [0.1, 0.15) is 23.0 Å². The van der Waals surface area contributed by atoms with Crippen molar-refractivity contribution in [3.8, 4) is 16.9 Å². The quantitative estimate of drug-likeness (QED) is 0.379. The fourth-order valence-electron chi connectivity index (χ4n) is 3.16. The zero-order chi connectivity index (χ0) is 23.8. The molecule has 168 valence electrons. The number of aliphatic hydroxyl groups is 1. The number of amides is 1.